The minimum atomic E-state index is -0.393. The van der Waals surface area contributed by atoms with Crippen LogP contribution in [0.25, 0.3) is 21.7 Å². The number of fused-ring (bicyclic) bond motifs is 2. The number of carbonyl (C=O) groups is 1. The van der Waals surface area contributed by atoms with E-state index >= 15 is 0 Å². The number of hydrazone groups is 1. The van der Waals surface area contributed by atoms with Crippen LogP contribution >= 0.6 is 0 Å². The van der Waals surface area contributed by atoms with Gasteiger partial charge in [0.1, 0.15) is 23.6 Å². The lowest BCUT2D eigenvalue weighted by atomic mass is 10.0. The van der Waals surface area contributed by atoms with Crippen LogP contribution in [-0.4, -0.2) is 30.3 Å². The normalized spacial score (nSPS) is 10.8. The minimum absolute atomic E-state index is 0.137. The standard InChI is InChI=1S/C25H19N3O3/c1-2-15-30-22-13-12-18-7-3-4-10-20(18)21(22)16-27-28-24(29)17-31-23-11-5-8-19-9-6-14-26-25(19)23/h1,3-14,16H,15,17H2,(H,28,29)/b27-16+. The molecule has 0 fully saturated rings. The van der Waals surface area contributed by atoms with Crippen molar-refractivity contribution in [2.75, 3.05) is 13.2 Å². The third kappa shape index (κ3) is 4.62. The molecule has 6 nitrogen and oxygen atoms in total. The number of pyridine rings is 1. The molecule has 0 spiro atoms. The van der Waals surface area contributed by atoms with Gasteiger partial charge in [0, 0.05) is 17.1 Å². The molecule has 0 bridgehead atoms. The molecule has 0 unspecified atom stereocenters. The summed E-state index contributed by atoms with van der Waals surface area (Å²) in [6, 6.07) is 20.9. The Bertz CT molecular complexity index is 1300. The summed E-state index contributed by atoms with van der Waals surface area (Å²) >= 11 is 0. The van der Waals surface area contributed by atoms with Crippen LogP contribution in [0.15, 0.2) is 78.0 Å². The Morgan fingerprint density at radius 2 is 1.84 bits per heavy atom. The summed E-state index contributed by atoms with van der Waals surface area (Å²) in [5.41, 5.74) is 3.92. The molecule has 0 radical (unpaired) electrons. The molecule has 3 aromatic carbocycles. The van der Waals surface area contributed by atoms with Gasteiger partial charge in [-0.25, -0.2) is 5.43 Å². The van der Waals surface area contributed by atoms with Gasteiger partial charge in [-0.1, -0.05) is 54.5 Å². The van der Waals surface area contributed by atoms with E-state index in [2.05, 4.69) is 21.4 Å². The van der Waals surface area contributed by atoms with Gasteiger partial charge in [-0.15, -0.1) is 6.42 Å². The second-order valence-electron chi connectivity index (χ2n) is 6.60. The Balaban J connectivity index is 1.46. The van der Waals surface area contributed by atoms with Crippen LogP contribution in [0.2, 0.25) is 0 Å². The number of benzene rings is 3. The zero-order valence-corrected chi connectivity index (χ0v) is 16.6. The molecule has 0 aliphatic rings. The van der Waals surface area contributed by atoms with E-state index in [1.165, 1.54) is 0 Å². The lowest BCUT2D eigenvalue weighted by Gasteiger charge is -2.10. The summed E-state index contributed by atoms with van der Waals surface area (Å²) in [5.74, 6) is 3.19. The number of aromatic nitrogens is 1. The van der Waals surface area contributed by atoms with E-state index in [-0.39, 0.29) is 13.2 Å². The summed E-state index contributed by atoms with van der Waals surface area (Å²) in [7, 11) is 0. The first-order valence-corrected chi connectivity index (χ1v) is 9.63. The molecule has 0 aliphatic carbocycles. The summed E-state index contributed by atoms with van der Waals surface area (Å²) in [5, 5.41) is 6.98. The Hall–Kier alpha value is -4.37. The van der Waals surface area contributed by atoms with E-state index in [0.717, 1.165) is 21.7 Å². The highest BCUT2D eigenvalue weighted by molar-refractivity contribution is 6.02. The number of para-hydroxylation sites is 1. The largest absolute Gasteiger partial charge is 0.481 e. The average molecular weight is 409 g/mol. The Morgan fingerprint density at radius 1 is 1.00 bits per heavy atom. The molecule has 31 heavy (non-hydrogen) atoms. The van der Waals surface area contributed by atoms with Crippen molar-refractivity contribution in [2.45, 2.75) is 0 Å². The SMILES string of the molecule is C#CCOc1ccc2ccccc2c1/C=N/NC(=O)COc1cccc2cccnc12. The van der Waals surface area contributed by atoms with Gasteiger partial charge in [0.05, 0.1) is 6.21 Å². The predicted octanol–water partition coefficient (Wildman–Crippen LogP) is 3.93. The van der Waals surface area contributed by atoms with Crippen molar-refractivity contribution in [3.63, 3.8) is 0 Å². The van der Waals surface area contributed by atoms with Crippen molar-refractivity contribution in [3.05, 3.63) is 78.5 Å². The molecule has 1 heterocycles. The fourth-order valence-corrected chi connectivity index (χ4v) is 3.19. The van der Waals surface area contributed by atoms with Gasteiger partial charge in [-0.2, -0.15) is 5.10 Å². The number of carbonyl (C=O) groups excluding carboxylic acids is 1. The molecule has 0 saturated heterocycles. The molecule has 1 amide bonds. The molecule has 0 atom stereocenters. The van der Waals surface area contributed by atoms with Crippen molar-refractivity contribution in [1.82, 2.24) is 10.4 Å². The average Bonchev–Trinajstić information content (AvgIpc) is 2.82. The van der Waals surface area contributed by atoms with Gasteiger partial charge >= 0.3 is 0 Å². The van der Waals surface area contributed by atoms with Crippen LogP contribution in [0.1, 0.15) is 5.56 Å². The molecular weight excluding hydrogens is 390 g/mol. The first-order valence-electron chi connectivity index (χ1n) is 9.63. The Morgan fingerprint density at radius 3 is 2.74 bits per heavy atom. The van der Waals surface area contributed by atoms with Crippen LogP contribution < -0.4 is 14.9 Å². The van der Waals surface area contributed by atoms with E-state index < -0.39 is 5.91 Å². The third-order valence-electron chi connectivity index (χ3n) is 4.58. The number of rotatable bonds is 7. The quantitative estimate of drug-likeness (QED) is 0.285. The highest BCUT2D eigenvalue weighted by Crippen LogP contribution is 2.26. The van der Waals surface area contributed by atoms with Gasteiger partial charge in [0.15, 0.2) is 6.61 Å². The zero-order valence-electron chi connectivity index (χ0n) is 16.6. The lowest BCUT2D eigenvalue weighted by Crippen LogP contribution is -2.24. The van der Waals surface area contributed by atoms with Crippen molar-refractivity contribution in [2.24, 2.45) is 5.10 Å². The summed E-state index contributed by atoms with van der Waals surface area (Å²) in [6.45, 7) is -0.0541. The highest BCUT2D eigenvalue weighted by Gasteiger charge is 2.08. The zero-order chi connectivity index (χ0) is 21.5. The number of ether oxygens (including phenoxy) is 2. The van der Waals surface area contributed by atoms with Gasteiger partial charge in [-0.3, -0.25) is 9.78 Å². The molecule has 6 heteroatoms. The summed E-state index contributed by atoms with van der Waals surface area (Å²) in [6.07, 6.45) is 8.54. The number of hydrogen-bond donors (Lipinski definition) is 1. The van der Waals surface area contributed by atoms with Crippen LogP contribution in [0.4, 0.5) is 0 Å². The van der Waals surface area contributed by atoms with E-state index in [0.29, 0.717) is 17.0 Å². The van der Waals surface area contributed by atoms with Gasteiger partial charge < -0.3 is 9.47 Å². The van der Waals surface area contributed by atoms with Crippen LogP contribution in [0.3, 0.4) is 0 Å². The van der Waals surface area contributed by atoms with Crippen molar-refractivity contribution in [1.29, 1.82) is 0 Å². The van der Waals surface area contributed by atoms with Gasteiger partial charge in [0.25, 0.3) is 5.91 Å². The van der Waals surface area contributed by atoms with Gasteiger partial charge in [-0.05, 0) is 29.0 Å². The second kappa shape index (κ2) is 9.42. The first-order chi connectivity index (χ1) is 15.3. The molecule has 152 valence electrons. The monoisotopic (exact) mass is 409 g/mol. The maximum absolute atomic E-state index is 12.2. The van der Waals surface area contributed by atoms with Crippen molar-refractivity contribution in [3.8, 4) is 23.8 Å². The van der Waals surface area contributed by atoms with E-state index in [1.807, 2.05) is 60.7 Å². The third-order valence-corrected chi connectivity index (χ3v) is 4.58. The number of hydrogen-bond acceptors (Lipinski definition) is 5. The molecule has 4 aromatic rings. The van der Waals surface area contributed by atoms with Crippen LogP contribution in [0, 0.1) is 12.3 Å². The Labute approximate surface area is 179 Å². The van der Waals surface area contributed by atoms with Crippen LogP contribution in [0.5, 0.6) is 11.5 Å². The van der Waals surface area contributed by atoms with E-state index in [9.17, 15) is 4.79 Å². The minimum Gasteiger partial charge on any atom is -0.481 e. The molecular formula is C25H19N3O3. The van der Waals surface area contributed by atoms with Crippen molar-refractivity contribution < 1.29 is 14.3 Å². The smallest absolute Gasteiger partial charge is 0.277 e. The molecule has 4 rings (SSSR count). The fourth-order valence-electron chi connectivity index (χ4n) is 3.19. The highest BCUT2D eigenvalue weighted by atomic mass is 16.5. The fraction of sp³-hybridized carbons (Fsp3) is 0.0800. The number of amides is 1. The predicted molar refractivity (Wildman–Crippen MR) is 121 cm³/mol. The Kier molecular flexibility index (Phi) is 6.05. The van der Waals surface area contributed by atoms with Gasteiger partial charge in [0.2, 0.25) is 0 Å². The summed E-state index contributed by atoms with van der Waals surface area (Å²) in [4.78, 5) is 16.5. The maximum atomic E-state index is 12.2. The number of nitrogens with one attached hydrogen (secondary N) is 1. The molecule has 0 aliphatic heterocycles. The maximum Gasteiger partial charge on any atom is 0.277 e. The topological polar surface area (TPSA) is 72.8 Å². The molecule has 1 N–H and O–H groups in total. The number of terminal acetylenes is 1. The lowest BCUT2D eigenvalue weighted by molar-refractivity contribution is -0.123. The van der Waals surface area contributed by atoms with Crippen molar-refractivity contribution >= 4 is 33.8 Å². The second-order valence-corrected chi connectivity index (χ2v) is 6.60. The first kappa shape index (κ1) is 19.9. The van der Waals surface area contributed by atoms with E-state index in [4.69, 9.17) is 15.9 Å². The van der Waals surface area contributed by atoms with E-state index in [1.54, 1.807) is 18.5 Å². The number of nitrogens with zero attached hydrogens (tertiary/aromatic N) is 2. The molecule has 0 saturated carbocycles. The summed E-state index contributed by atoms with van der Waals surface area (Å²) < 4.78 is 11.3. The van der Waals surface area contributed by atoms with Crippen LogP contribution in [-0.2, 0) is 4.79 Å². The molecule has 1 aromatic heterocycles.